The zero-order valence-electron chi connectivity index (χ0n) is 10.0. The predicted octanol–water partition coefficient (Wildman–Crippen LogP) is 1.66. The lowest BCUT2D eigenvalue weighted by atomic mass is 9.77. The number of rotatable bonds is 2. The van der Waals surface area contributed by atoms with Gasteiger partial charge in [0.05, 0.1) is 19.5 Å². The zero-order chi connectivity index (χ0) is 13.3. The molecule has 1 aliphatic carbocycles. The third kappa shape index (κ3) is 2.27. The number of carbonyl (C=O) groups is 1. The number of benzene rings is 1. The van der Waals surface area contributed by atoms with Gasteiger partial charge in [-0.3, -0.25) is 0 Å². The molecule has 2 rings (SSSR count). The average Bonchev–Trinajstić information content (AvgIpc) is 2.53. The van der Waals surface area contributed by atoms with Gasteiger partial charge in [0, 0.05) is 0 Å². The summed E-state index contributed by atoms with van der Waals surface area (Å²) in [6, 6.07) is 8.26. The number of aliphatic hydroxyl groups is 1. The summed E-state index contributed by atoms with van der Waals surface area (Å²) >= 11 is 0. The molecule has 0 bridgehead atoms. The molecule has 4 unspecified atom stereocenters. The molecule has 1 aliphatic rings. The lowest BCUT2D eigenvalue weighted by molar-refractivity contribution is -0.0533. The number of hydrogen-bond donors (Lipinski definition) is 1. The molecule has 1 aromatic carbocycles. The normalized spacial score (nSPS) is 35.4. The maximum atomic E-state index is 14.2. The van der Waals surface area contributed by atoms with Crippen LogP contribution in [-0.4, -0.2) is 36.8 Å². The SMILES string of the molecule is [B]C1CC(O)C(OC(=O)c2ccccc2)C1(C)F. The maximum absolute atomic E-state index is 14.2. The average molecular weight is 248 g/mol. The van der Waals surface area contributed by atoms with Gasteiger partial charge in [-0.05, 0) is 31.3 Å². The quantitative estimate of drug-likeness (QED) is 0.639. The lowest BCUT2D eigenvalue weighted by Crippen LogP contribution is -2.41. The van der Waals surface area contributed by atoms with Crippen molar-refractivity contribution in [2.75, 3.05) is 0 Å². The summed E-state index contributed by atoms with van der Waals surface area (Å²) in [7, 11) is 5.58. The summed E-state index contributed by atoms with van der Waals surface area (Å²) in [5, 5.41) is 9.69. The number of aliphatic hydroxyl groups excluding tert-OH is 1. The van der Waals surface area contributed by atoms with E-state index < -0.39 is 29.7 Å². The Labute approximate surface area is 106 Å². The Morgan fingerprint density at radius 2 is 2.11 bits per heavy atom. The zero-order valence-corrected chi connectivity index (χ0v) is 10.0. The van der Waals surface area contributed by atoms with Crippen molar-refractivity contribution in [2.45, 2.75) is 37.0 Å². The van der Waals surface area contributed by atoms with E-state index in [1.165, 1.54) is 6.92 Å². The van der Waals surface area contributed by atoms with Crippen molar-refractivity contribution in [3.63, 3.8) is 0 Å². The highest BCUT2D eigenvalue weighted by Gasteiger charge is 2.52. The Kier molecular flexibility index (Phi) is 3.44. The minimum Gasteiger partial charge on any atom is -0.453 e. The van der Waals surface area contributed by atoms with Crippen LogP contribution in [0.5, 0.6) is 0 Å². The molecule has 0 heterocycles. The molecule has 2 radical (unpaired) electrons. The van der Waals surface area contributed by atoms with E-state index in [-0.39, 0.29) is 6.42 Å². The molecule has 1 saturated carbocycles. The fourth-order valence-corrected chi connectivity index (χ4v) is 2.15. The summed E-state index contributed by atoms with van der Waals surface area (Å²) in [6.45, 7) is 1.25. The second-order valence-corrected chi connectivity index (χ2v) is 4.75. The van der Waals surface area contributed by atoms with E-state index in [0.29, 0.717) is 5.56 Å². The summed E-state index contributed by atoms with van der Waals surface area (Å²) in [5.74, 6) is -1.49. The van der Waals surface area contributed by atoms with E-state index >= 15 is 0 Å². The number of halogens is 1. The van der Waals surface area contributed by atoms with Crippen LogP contribution >= 0.6 is 0 Å². The van der Waals surface area contributed by atoms with Gasteiger partial charge in [0.15, 0.2) is 6.10 Å². The van der Waals surface area contributed by atoms with Gasteiger partial charge >= 0.3 is 5.97 Å². The number of hydrogen-bond acceptors (Lipinski definition) is 3. The Balaban J connectivity index is 2.12. The predicted molar refractivity (Wildman–Crippen MR) is 65.3 cm³/mol. The summed E-state index contributed by atoms with van der Waals surface area (Å²) in [4.78, 5) is 11.8. The molecule has 1 N–H and O–H groups in total. The van der Waals surface area contributed by atoms with Crippen molar-refractivity contribution >= 4 is 13.8 Å². The van der Waals surface area contributed by atoms with Gasteiger partial charge in [-0.25, -0.2) is 9.18 Å². The van der Waals surface area contributed by atoms with E-state index in [1.54, 1.807) is 30.3 Å². The topological polar surface area (TPSA) is 46.5 Å². The summed E-state index contributed by atoms with van der Waals surface area (Å²) in [6.07, 6.45) is -2.21. The van der Waals surface area contributed by atoms with Crippen LogP contribution in [0.2, 0.25) is 5.82 Å². The first-order valence-electron chi connectivity index (χ1n) is 5.81. The van der Waals surface area contributed by atoms with Gasteiger partial charge in [0.2, 0.25) is 0 Å². The smallest absolute Gasteiger partial charge is 0.338 e. The highest BCUT2D eigenvalue weighted by atomic mass is 19.1. The fourth-order valence-electron chi connectivity index (χ4n) is 2.15. The van der Waals surface area contributed by atoms with Gasteiger partial charge in [-0.2, -0.15) is 0 Å². The minimum absolute atomic E-state index is 0.0831. The minimum atomic E-state index is -1.91. The second kappa shape index (κ2) is 4.73. The van der Waals surface area contributed by atoms with Crippen LogP contribution in [0.15, 0.2) is 30.3 Å². The Hall–Kier alpha value is -1.36. The number of carbonyl (C=O) groups excluding carboxylic acids is 1. The summed E-state index contributed by atoms with van der Waals surface area (Å²) < 4.78 is 19.3. The third-order valence-electron chi connectivity index (χ3n) is 3.37. The molecule has 1 aromatic rings. The van der Waals surface area contributed by atoms with Gasteiger partial charge < -0.3 is 9.84 Å². The van der Waals surface area contributed by atoms with Crippen LogP contribution in [0, 0.1) is 0 Å². The molecule has 0 aliphatic heterocycles. The molecule has 0 saturated heterocycles. The standard InChI is InChI=1S/C13H14BFO3/c1-13(15)10(14)7-9(16)11(13)18-12(17)8-5-3-2-4-6-8/h2-6,9-11,16H,7H2,1H3. The molecule has 5 heteroatoms. The second-order valence-electron chi connectivity index (χ2n) is 4.75. The van der Waals surface area contributed by atoms with Crippen molar-refractivity contribution in [1.82, 2.24) is 0 Å². The number of ether oxygens (including phenoxy) is 1. The van der Waals surface area contributed by atoms with E-state index in [4.69, 9.17) is 12.6 Å². The molecule has 1 fully saturated rings. The Morgan fingerprint density at radius 1 is 1.50 bits per heavy atom. The van der Waals surface area contributed by atoms with Crippen LogP contribution < -0.4 is 0 Å². The lowest BCUT2D eigenvalue weighted by Gasteiger charge is -2.27. The summed E-state index contributed by atoms with van der Waals surface area (Å²) in [5.41, 5.74) is -1.59. The maximum Gasteiger partial charge on any atom is 0.338 e. The number of alkyl halides is 1. The highest BCUT2D eigenvalue weighted by Crippen LogP contribution is 2.43. The van der Waals surface area contributed by atoms with Crippen molar-refractivity contribution in [1.29, 1.82) is 0 Å². The van der Waals surface area contributed by atoms with E-state index in [2.05, 4.69) is 0 Å². The van der Waals surface area contributed by atoms with Gasteiger partial charge in [0.25, 0.3) is 0 Å². The largest absolute Gasteiger partial charge is 0.453 e. The number of esters is 1. The first-order valence-corrected chi connectivity index (χ1v) is 5.81. The first kappa shape index (κ1) is 13.1. The molecule has 3 nitrogen and oxygen atoms in total. The van der Waals surface area contributed by atoms with E-state index in [1.807, 2.05) is 0 Å². The van der Waals surface area contributed by atoms with Crippen molar-refractivity contribution in [2.24, 2.45) is 0 Å². The van der Waals surface area contributed by atoms with Gasteiger partial charge in [0.1, 0.15) is 5.67 Å². The first-order chi connectivity index (χ1) is 8.43. The van der Waals surface area contributed by atoms with Crippen molar-refractivity contribution < 1.29 is 19.0 Å². The molecular formula is C13H14BFO3. The van der Waals surface area contributed by atoms with Crippen LogP contribution in [0.25, 0.3) is 0 Å². The Bertz CT molecular complexity index is 435. The van der Waals surface area contributed by atoms with Crippen LogP contribution in [0.3, 0.4) is 0 Å². The third-order valence-corrected chi connectivity index (χ3v) is 3.37. The van der Waals surface area contributed by atoms with Gasteiger partial charge in [-0.15, -0.1) is 0 Å². The monoisotopic (exact) mass is 248 g/mol. The highest BCUT2D eigenvalue weighted by molar-refractivity contribution is 6.12. The molecular weight excluding hydrogens is 234 g/mol. The molecule has 18 heavy (non-hydrogen) atoms. The van der Waals surface area contributed by atoms with Crippen LogP contribution in [0.1, 0.15) is 23.7 Å². The Morgan fingerprint density at radius 3 is 2.61 bits per heavy atom. The van der Waals surface area contributed by atoms with E-state index in [0.717, 1.165) is 0 Å². The van der Waals surface area contributed by atoms with Crippen molar-refractivity contribution in [3.8, 4) is 0 Å². The fraction of sp³-hybridized carbons (Fsp3) is 0.462. The molecule has 0 amide bonds. The molecule has 0 spiro atoms. The molecule has 94 valence electrons. The molecule has 4 atom stereocenters. The molecule has 0 aromatic heterocycles. The van der Waals surface area contributed by atoms with Gasteiger partial charge in [-0.1, -0.05) is 18.2 Å². The van der Waals surface area contributed by atoms with Crippen molar-refractivity contribution in [3.05, 3.63) is 35.9 Å². The van der Waals surface area contributed by atoms with E-state index in [9.17, 15) is 14.3 Å². The van der Waals surface area contributed by atoms with Crippen LogP contribution in [0.4, 0.5) is 4.39 Å². The van der Waals surface area contributed by atoms with Crippen LogP contribution in [-0.2, 0) is 4.74 Å².